The van der Waals surface area contributed by atoms with Crippen LogP contribution in [0.5, 0.6) is 5.75 Å². The van der Waals surface area contributed by atoms with E-state index in [1.165, 1.54) is 35.8 Å². The van der Waals surface area contributed by atoms with Gasteiger partial charge in [0.25, 0.3) is 11.5 Å². The third-order valence-corrected chi connectivity index (χ3v) is 5.84. The number of amides is 1. The monoisotopic (exact) mass is 481 g/mol. The summed E-state index contributed by atoms with van der Waals surface area (Å²) < 4.78 is 46.1. The minimum Gasteiger partial charge on any atom is -0.497 e. The SMILES string of the molecule is COc1ccc(-n2c(C(C)N(C)C(=O)c3cccc(C(F)(F)F)c3)nc3ccccc3c2=O)cc1. The Labute approximate surface area is 199 Å². The van der Waals surface area contributed by atoms with Crippen molar-refractivity contribution in [2.75, 3.05) is 14.2 Å². The predicted octanol–water partition coefficient (Wildman–Crippen LogP) is 5.25. The summed E-state index contributed by atoms with van der Waals surface area (Å²) >= 11 is 0. The van der Waals surface area contributed by atoms with E-state index in [4.69, 9.17) is 4.74 Å². The summed E-state index contributed by atoms with van der Waals surface area (Å²) in [6, 6.07) is 17.1. The van der Waals surface area contributed by atoms with Gasteiger partial charge in [-0.15, -0.1) is 0 Å². The van der Waals surface area contributed by atoms with Gasteiger partial charge in [0, 0.05) is 12.6 Å². The van der Waals surface area contributed by atoms with Crippen LogP contribution in [0.15, 0.2) is 77.6 Å². The molecular weight excluding hydrogens is 459 g/mol. The largest absolute Gasteiger partial charge is 0.497 e. The molecule has 180 valence electrons. The average molecular weight is 481 g/mol. The van der Waals surface area contributed by atoms with Crippen molar-refractivity contribution in [2.45, 2.75) is 19.1 Å². The van der Waals surface area contributed by atoms with Crippen LogP contribution in [0.2, 0.25) is 0 Å². The molecule has 0 N–H and O–H groups in total. The third kappa shape index (κ3) is 4.62. The van der Waals surface area contributed by atoms with Gasteiger partial charge in [-0.2, -0.15) is 13.2 Å². The van der Waals surface area contributed by atoms with Gasteiger partial charge in [-0.1, -0.05) is 18.2 Å². The smallest absolute Gasteiger partial charge is 0.416 e. The fourth-order valence-electron chi connectivity index (χ4n) is 3.79. The van der Waals surface area contributed by atoms with E-state index in [1.54, 1.807) is 55.5 Å². The fraction of sp³-hybridized carbons (Fsp3) is 0.192. The lowest BCUT2D eigenvalue weighted by atomic mass is 10.1. The molecule has 6 nitrogen and oxygen atoms in total. The molecule has 0 fully saturated rings. The summed E-state index contributed by atoms with van der Waals surface area (Å²) in [4.78, 5) is 32.6. The normalized spacial score (nSPS) is 12.4. The number of aromatic nitrogens is 2. The Morgan fingerprint density at radius 1 is 1.03 bits per heavy atom. The van der Waals surface area contributed by atoms with Gasteiger partial charge in [0.2, 0.25) is 0 Å². The molecule has 0 saturated heterocycles. The van der Waals surface area contributed by atoms with E-state index in [-0.39, 0.29) is 16.9 Å². The Balaban J connectivity index is 1.82. The zero-order valence-electron chi connectivity index (χ0n) is 19.2. The van der Waals surface area contributed by atoms with E-state index in [0.717, 1.165) is 12.1 Å². The predicted molar refractivity (Wildman–Crippen MR) is 126 cm³/mol. The van der Waals surface area contributed by atoms with Crippen molar-refractivity contribution in [3.05, 3.63) is 100 Å². The average Bonchev–Trinajstić information content (AvgIpc) is 2.87. The first-order chi connectivity index (χ1) is 16.6. The van der Waals surface area contributed by atoms with Crippen LogP contribution in [-0.4, -0.2) is 34.5 Å². The molecule has 35 heavy (non-hydrogen) atoms. The Morgan fingerprint density at radius 3 is 2.37 bits per heavy atom. The quantitative estimate of drug-likeness (QED) is 0.391. The molecule has 0 aliphatic rings. The van der Waals surface area contributed by atoms with Crippen molar-refractivity contribution in [3.8, 4) is 11.4 Å². The van der Waals surface area contributed by atoms with Crippen LogP contribution in [0, 0.1) is 0 Å². The molecule has 9 heteroatoms. The van der Waals surface area contributed by atoms with E-state index in [1.807, 2.05) is 0 Å². The number of alkyl halides is 3. The molecule has 1 aromatic heterocycles. The number of nitrogens with zero attached hydrogens (tertiary/aromatic N) is 3. The molecule has 0 saturated carbocycles. The second kappa shape index (κ2) is 9.25. The van der Waals surface area contributed by atoms with Gasteiger partial charge < -0.3 is 9.64 Å². The van der Waals surface area contributed by atoms with E-state index in [0.29, 0.717) is 22.3 Å². The van der Waals surface area contributed by atoms with E-state index < -0.39 is 23.7 Å². The van der Waals surface area contributed by atoms with Crippen LogP contribution in [-0.2, 0) is 6.18 Å². The van der Waals surface area contributed by atoms with Crippen LogP contribution in [0.25, 0.3) is 16.6 Å². The van der Waals surface area contributed by atoms with Crippen LogP contribution >= 0.6 is 0 Å². The molecular formula is C26H22F3N3O3. The van der Waals surface area contributed by atoms with Crippen molar-refractivity contribution in [1.29, 1.82) is 0 Å². The van der Waals surface area contributed by atoms with Gasteiger partial charge in [-0.05, 0) is 61.5 Å². The van der Waals surface area contributed by atoms with Crippen molar-refractivity contribution >= 4 is 16.8 Å². The number of hydrogen-bond donors (Lipinski definition) is 0. The number of hydrogen-bond acceptors (Lipinski definition) is 4. The fourth-order valence-corrected chi connectivity index (χ4v) is 3.79. The second-order valence-corrected chi connectivity index (χ2v) is 8.00. The Morgan fingerprint density at radius 2 is 1.71 bits per heavy atom. The Kier molecular flexibility index (Phi) is 6.34. The first-order valence-electron chi connectivity index (χ1n) is 10.7. The van der Waals surface area contributed by atoms with Gasteiger partial charge in [-0.3, -0.25) is 14.2 Å². The number of halogens is 3. The third-order valence-electron chi connectivity index (χ3n) is 5.84. The van der Waals surface area contributed by atoms with Crippen LogP contribution in [0.1, 0.15) is 34.7 Å². The molecule has 1 atom stereocenters. The number of para-hydroxylation sites is 1. The van der Waals surface area contributed by atoms with Crippen LogP contribution in [0.3, 0.4) is 0 Å². The second-order valence-electron chi connectivity index (χ2n) is 8.00. The molecule has 0 aliphatic carbocycles. The number of methoxy groups -OCH3 is 1. The highest BCUT2D eigenvalue weighted by Crippen LogP contribution is 2.30. The highest BCUT2D eigenvalue weighted by Gasteiger charge is 2.32. The van der Waals surface area contributed by atoms with Gasteiger partial charge in [0.05, 0.1) is 35.3 Å². The molecule has 0 aliphatic heterocycles. The highest BCUT2D eigenvalue weighted by atomic mass is 19.4. The molecule has 1 heterocycles. The number of ether oxygens (including phenoxy) is 1. The van der Waals surface area contributed by atoms with Crippen molar-refractivity contribution in [3.63, 3.8) is 0 Å². The van der Waals surface area contributed by atoms with Crippen LogP contribution < -0.4 is 10.3 Å². The standard InChI is InChI=1S/C26H22F3N3O3/c1-16(31(2)24(33)17-7-6-8-18(15-17)26(27,28)29)23-30-22-10-5-4-9-21(22)25(34)32(23)19-11-13-20(35-3)14-12-19/h4-16H,1-3H3. The minimum absolute atomic E-state index is 0.117. The molecule has 0 spiro atoms. The molecule has 0 bridgehead atoms. The van der Waals surface area contributed by atoms with Crippen molar-refractivity contribution in [1.82, 2.24) is 14.5 Å². The van der Waals surface area contributed by atoms with E-state index in [9.17, 15) is 22.8 Å². The summed E-state index contributed by atoms with van der Waals surface area (Å²) in [7, 11) is 2.99. The summed E-state index contributed by atoms with van der Waals surface area (Å²) in [5.41, 5.74) is -0.404. The number of benzene rings is 3. The lowest BCUT2D eigenvalue weighted by Crippen LogP contribution is -2.35. The van der Waals surface area contributed by atoms with Crippen molar-refractivity contribution in [2.24, 2.45) is 0 Å². The summed E-state index contributed by atoms with van der Waals surface area (Å²) in [5.74, 6) is 0.232. The Bertz CT molecular complexity index is 1450. The number of carbonyl (C=O) groups excluding carboxylic acids is 1. The summed E-state index contributed by atoms with van der Waals surface area (Å²) in [6.45, 7) is 1.67. The molecule has 1 unspecified atom stereocenters. The molecule has 3 aromatic carbocycles. The van der Waals surface area contributed by atoms with Gasteiger partial charge >= 0.3 is 6.18 Å². The molecule has 4 rings (SSSR count). The number of rotatable bonds is 5. The van der Waals surface area contributed by atoms with Gasteiger partial charge in [0.1, 0.15) is 11.6 Å². The van der Waals surface area contributed by atoms with Gasteiger partial charge in [0.15, 0.2) is 0 Å². The topological polar surface area (TPSA) is 64.4 Å². The lowest BCUT2D eigenvalue weighted by Gasteiger charge is -2.27. The minimum atomic E-state index is -4.57. The van der Waals surface area contributed by atoms with Crippen LogP contribution in [0.4, 0.5) is 13.2 Å². The number of fused-ring (bicyclic) bond motifs is 1. The summed E-state index contributed by atoms with van der Waals surface area (Å²) in [5, 5.41) is 0.395. The molecule has 1 amide bonds. The molecule has 4 aromatic rings. The van der Waals surface area contributed by atoms with Crippen molar-refractivity contribution < 1.29 is 22.7 Å². The highest BCUT2D eigenvalue weighted by molar-refractivity contribution is 5.94. The summed E-state index contributed by atoms with van der Waals surface area (Å²) in [6.07, 6.45) is -4.57. The maximum Gasteiger partial charge on any atom is 0.416 e. The van der Waals surface area contributed by atoms with E-state index >= 15 is 0 Å². The van der Waals surface area contributed by atoms with E-state index in [2.05, 4.69) is 4.98 Å². The first kappa shape index (κ1) is 24.0. The van der Waals surface area contributed by atoms with Gasteiger partial charge in [-0.25, -0.2) is 4.98 Å². The Hall–Kier alpha value is -4.14. The zero-order valence-corrected chi connectivity index (χ0v) is 19.2. The maximum absolute atomic E-state index is 13.5. The number of carbonyl (C=O) groups is 1. The maximum atomic E-state index is 13.5. The first-order valence-corrected chi connectivity index (χ1v) is 10.7. The lowest BCUT2D eigenvalue weighted by molar-refractivity contribution is -0.137. The molecule has 0 radical (unpaired) electrons. The zero-order chi connectivity index (χ0) is 25.3.